The lowest BCUT2D eigenvalue weighted by Crippen LogP contribution is -2.37. The Labute approximate surface area is 86.6 Å². The highest BCUT2D eigenvalue weighted by Crippen LogP contribution is 2.67. The number of carbonyl (C=O) groups excluding carboxylic acids is 1. The summed E-state index contributed by atoms with van der Waals surface area (Å²) in [6, 6.07) is -0.0500. The Morgan fingerprint density at radius 2 is 1.64 bits per heavy atom. The van der Waals surface area contributed by atoms with Gasteiger partial charge in [-0.2, -0.15) is 0 Å². The van der Waals surface area contributed by atoms with Gasteiger partial charge < -0.3 is 10.6 Å². The Kier molecular flexibility index (Phi) is 2.79. The van der Waals surface area contributed by atoms with Gasteiger partial charge in [0, 0.05) is 13.1 Å². The normalized spacial score (nSPS) is 22.9. The molecule has 0 radical (unpaired) electrons. The maximum atomic E-state index is 11.2. The van der Waals surface area contributed by atoms with Crippen LogP contribution in [0, 0.1) is 16.7 Å². The van der Waals surface area contributed by atoms with Crippen molar-refractivity contribution in [3.05, 3.63) is 0 Å². The lowest BCUT2D eigenvalue weighted by atomic mass is 10.0. The fraction of sp³-hybridized carbons (Fsp3) is 0.909. The average molecular weight is 198 g/mol. The van der Waals surface area contributed by atoms with Crippen molar-refractivity contribution >= 4 is 6.03 Å². The summed E-state index contributed by atoms with van der Waals surface area (Å²) in [6.07, 6.45) is 0. The summed E-state index contributed by atoms with van der Waals surface area (Å²) < 4.78 is 0. The summed E-state index contributed by atoms with van der Waals surface area (Å²) in [5, 5.41) is 5.64. The van der Waals surface area contributed by atoms with Crippen molar-refractivity contribution < 1.29 is 4.79 Å². The molecule has 0 heterocycles. The van der Waals surface area contributed by atoms with Crippen LogP contribution in [0.5, 0.6) is 0 Å². The fourth-order valence-corrected chi connectivity index (χ4v) is 2.26. The highest BCUT2D eigenvalue weighted by molar-refractivity contribution is 5.73. The SMILES string of the molecule is CCNC(=O)NCC1C(C)(C)C1(C)C. The van der Waals surface area contributed by atoms with E-state index in [1.165, 1.54) is 0 Å². The van der Waals surface area contributed by atoms with Gasteiger partial charge in [0.2, 0.25) is 0 Å². The molecule has 14 heavy (non-hydrogen) atoms. The molecule has 1 saturated carbocycles. The van der Waals surface area contributed by atoms with Crippen LogP contribution in [-0.2, 0) is 0 Å². The molecule has 0 aromatic carbocycles. The van der Waals surface area contributed by atoms with Gasteiger partial charge in [-0.15, -0.1) is 0 Å². The van der Waals surface area contributed by atoms with Gasteiger partial charge in [-0.3, -0.25) is 0 Å². The predicted molar refractivity (Wildman–Crippen MR) is 58.1 cm³/mol. The van der Waals surface area contributed by atoms with Crippen LogP contribution in [0.15, 0.2) is 0 Å². The van der Waals surface area contributed by atoms with Gasteiger partial charge >= 0.3 is 6.03 Å². The summed E-state index contributed by atoms with van der Waals surface area (Å²) >= 11 is 0. The molecule has 0 atom stereocenters. The smallest absolute Gasteiger partial charge is 0.314 e. The lowest BCUT2D eigenvalue weighted by molar-refractivity contribution is 0.240. The Balaban J connectivity index is 2.32. The van der Waals surface area contributed by atoms with Gasteiger partial charge in [-0.25, -0.2) is 4.79 Å². The predicted octanol–water partition coefficient (Wildman–Crippen LogP) is 1.99. The largest absolute Gasteiger partial charge is 0.338 e. The first kappa shape index (κ1) is 11.3. The highest BCUT2D eigenvalue weighted by atomic mass is 16.2. The van der Waals surface area contributed by atoms with Crippen LogP contribution in [0.25, 0.3) is 0 Å². The van der Waals surface area contributed by atoms with E-state index in [4.69, 9.17) is 0 Å². The molecule has 0 aliphatic heterocycles. The van der Waals surface area contributed by atoms with Crippen molar-refractivity contribution in [1.29, 1.82) is 0 Å². The summed E-state index contributed by atoms with van der Waals surface area (Å²) in [4.78, 5) is 11.2. The maximum absolute atomic E-state index is 11.2. The average Bonchev–Trinajstić information content (AvgIpc) is 2.41. The Morgan fingerprint density at radius 1 is 1.14 bits per heavy atom. The molecule has 2 amide bonds. The zero-order chi connectivity index (χ0) is 11.0. The molecule has 0 bridgehead atoms. The van der Waals surface area contributed by atoms with Crippen molar-refractivity contribution in [3.8, 4) is 0 Å². The molecule has 1 aliphatic carbocycles. The van der Waals surface area contributed by atoms with E-state index in [1.54, 1.807) is 0 Å². The molecule has 0 aromatic rings. The third-order valence-corrected chi connectivity index (χ3v) is 4.12. The van der Waals surface area contributed by atoms with Crippen molar-refractivity contribution in [3.63, 3.8) is 0 Å². The molecule has 82 valence electrons. The molecule has 0 unspecified atom stereocenters. The summed E-state index contributed by atoms with van der Waals surface area (Å²) in [7, 11) is 0. The second-order valence-corrected chi connectivity index (χ2v) is 5.24. The minimum absolute atomic E-state index is 0.0500. The van der Waals surface area contributed by atoms with Gasteiger partial charge in [-0.1, -0.05) is 27.7 Å². The molecule has 0 saturated heterocycles. The molecule has 1 aliphatic rings. The van der Waals surface area contributed by atoms with Crippen LogP contribution in [0.4, 0.5) is 4.79 Å². The minimum atomic E-state index is -0.0500. The van der Waals surface area contributed by atoms with E-state index in [-0.39, 0.29) is 6.03 Å². The lowest BCUT2D eigenvalue weighted by Gasteiger charge is -2.06. The molecule has 1 fully saturated rings. The molecule has 0 spiro atoms. The highest BCUT2D eigenvalue weighted by Gasteiger charge is 2.64. The number of urea groups is 1. The van der Waals surface area contributed by atoms with Crippen LogP contribution < -0.4 is 10.6 Å². The summed E-state index contributed by atoms with van der Waals surface area (Å²) in [5.74, 6) is 0.595. The molecular formula is C11H22N2O. The van der Waals surface area contributed by atoms with E-state index in [2.05, 4.69) is 38.3 Å². The van der Waals surface area contributed by atoms with Gasteiger partial charge in [0.05, 0.1) is 0 Å². The van der Waals surface area contributed by atoms with Crippen molar-refractivity contribution in [1.82, 2.24) is 10.6 Å². The van der Waals surface area contributed by atoms with Gasteiger partial charge in [-0.05, 0) is 23.7 Å². The number of hydrogen-bond acceptors (Lipinski definition) is 1. The minimum Gasteiger partial charge on any atom is -0.338 e. The van der Waals surface area contributed by atoms with Crippen molar-refractivity contribution in [2.45, 2.75) is 34.6 Å². The standard InChI is InChI=1S/C11H22N2O/c1-6-12-9(14)13-7-8-10(2,3)11(8,4)5/h8H,6-7H2,1-5H3,(H2,12,13,14). The second kappa shape index (κ2) is 3.44. The summed E-state index contributed by atoms with van der Waals surface area (Å²) in [6.45, 7) is 12.4. The Morgan fingerprint density at radius 3 is 2.00 bits per heavy atom. The van der Waals surface area contributed by atoms with Crippen LogP contribution in [-0.4, -0.2) is 19.1 Å². The number of carbonyl (C=O) groups is 1. The third-order valence-electron chi connectivity index (χ3n) is 4.12. The number of rotatable bonds is 3. The molecule has 3 heteroatoms. The first-order chi connectivity index (χ1) is 6.34. The van der Waals surface area contributed by atoms with Crippen molar-refractivity contribution in [2.24, 2.45) is 16.7 Å². The van der Waals surface area contributed by atoms with Gasteiger partial charge in [0.25, 0.3) is 0 Å². The molecule has 2 N–H and O–H groups in total. The first-order valence-corrected chi connectivity index (χ1v) is 5.35. The van der Waals surface area contributed by atoms with E-state index < -0.39 is 0 Å². The van der Waals surface area contributed by atoms with Gasteiger partial charge in [0.1, 0.15) is 0 Å². The van der Waals surface area contributed by atoms with Crippen LogP contribution in [0.2, 0.25) is 0 Å². The summed E-state index contributed by atoms with van der Waals surface area (Å²) in [5.41, 5.74) is 0.707. The van der Waals surface area contributed by atoms with Crippen LogP contribution >= 0.6 is 0 Å². The van der Waals surface area contributed by atoms with E-state index >= 15 is 0 Å². The number of hydrogen-bond donors (Lipinski definition) is 2. The quantitative estimate of drug-likeness (QED) is 0.715. The molecule has 3 nitrogen and oxygen atoms in total. The molecule has 1 rings (SSSR count). The first-order valence-electron chi connectivity index (χ1n) is 5.35. The van der Waals surface area contributed by atoms with E-state index in [0.717, 1.165) is 6.54 Å². The topological polar surface area (TPSA) is 41.1 Å². The van der Waals surface area contributed by atoms with Crippen LogP contribution in [0.3, 0.4) is 0 Å². The van der Waals surface area contributed by atoms with E-state index in [1.807, 2.05) is 6.92 Å². The Hall–Kier alpha value is -0.730. The van der Waals surface area contributed by atoms with Crippen molar-refractivity contribution in [2.75, 3.05) is 13.1 Å². The Bertz CT molecular complexity index is 219. The zero-order valence-corrected chi connectivity index (χ0v) is 9.90. The fourth-order valence-electron chi connectivity index (χ4n) is 2.26. The van der Waals surface area contributed by atoms with E-state index in [9.17, 15) is 4.79 Å². The molecule has 0 aromatic heterocycles. The molecular weight excluding hydrogens is 176 g/mol. The van der Waals surface area contributed by atoms with E-state index in [0.29, 0.717) is 23.3 Å². The van der Waals surface area contributed by atoms with Crippen LogP contribution in [0.1, 0.15) is 34.6 Å². The second-order valence-electron chi connectivity index (χ2n) is 5.24. The zero-order valence-electron chi connectivity index (χ0n) is 9.90. The third kappa shape index (κ3) is 1.72. The number of amides is 2. The monoisotopic (exact) mass is 198 g/mol. The van der Waals surface area contributed by atoms with Gasteiger partial charge in [0.15, 0.2) is 0 Å². The maximum Gasteiger partial charge on any atom is 0.314 e. The number of nitrogens with one attached hydrogen (secondary N) is 2.